The van der Waals surface area contributed by atoms with Crippen LogP contribution in [0.1, 0.15) is 45.1 Å². The van der Waals surface area contributed by atoms with Gasteiger partial charge in [0.2, 0.25) is 5.91 Å². The lowest BCUT2D eigenvalue weighted by molar-refractivity contribution is -0.130. The Bertz CT molecular complexity index is 823. The highest BCUT2D eigenvalue weighted by Gasteiger charge is 2.50. The number of likely N-dealkylation sites (tertiary alicyclic amines) is 1. The Morgan fingerprint density at radius 1 is 1.00 bits per heavy atom. The van der Waals surface area contributed by atoms with Crippen LogP contribution in [0.3, 0.4) is 0 Å². The van der Waals surface area contributed by atoms with Crippen molar-refractivity contribution in [2.75, 3.05) is 32.7 Å². The third-order valence-electron chi connectivity index (χ3n) is 6.17. The molecule has 0 aromatic heterocycles. The molecule has 3 rings (SSSR count). The molecule has 1 aromatic rings. The SMILES string of the molecule is CC(C)C[C@H](NC(=O)C1OC1C(=O)NCCc1ccc(O)cc1)C(=O)NCCN1CCCCC1. The van der Waals surface area contributed by atoms with Crippen molar-refractivity contribution in [1.82, 2.24) is 20.9 Å². The van der Waals surface area contributed by atoms with E-state index in [9.17, 15) is 19.5 Å². The molecule has 188 valence electrons. The molecule has 3 amide bonds. The number of nitrogens with zero attached hydrogens (tertiary/aromatic N) is 1. The Morgan fingerprint density at radius 2 is 1.68 bits per heavy atom. The first kappa shape index (κ1) is 26.0. The van der Waals surface area contributed by atoms with Gasteiger partial charge in [-0.3, -0.25) is 14.4 Å². The molecule has 2 fully saturated rings. The van der Waals surface area contributed by atoms with Gasteiger partial charge in [0.05, 0.1) is 0 Å². The molecule has 2 aliphatic heterocycles. The van der Waals surface area contributed by atoms with E-state index in [4.69, 9.17) is 4.74 Å². The quantitative estimate of drug-likeness (QED) is 0.335. The zero-order valence-corrected chi connectivity index (χ0v) is 20.2. The number of rotatable bonds is 12. The fourth-order valence-electron chi connectivity index (χ4n) is 4.20. The summed E-state index contributed by atoms with van der Waals surface area (Å²) in [4.78, 5) is 40.0. The number of epoxide rings is 1. The Morgan fingerprint density at radius 3 is 2.35 bits per heavy atom. The van der Waals surface area contributed by atoms with Crippen LogP contribution in [0.2, 0.25) is 0 Å². The van der Waals surface area contributed by atoms with Gasteiger partial charge in [-0.15, -0.1) is 0 Å². The number of ether oxygens (including phenoxy) is 1. The van der Waals surface area contributed by atoms with Gasteiger partial charge in [0.15, 0.2) is 12.2 Å². The van der Waals surface area contributed by atoms with E-state index in [1.807, 2.05) is 13.8 Å². The van der Waals surface area contributed by atoms with Gasteiger partial charge >= 0.3 is 0 Å². The van der Waals surface area contributed by atoms with Crippen LogP contribution in [-0.2, 0) is 25.5 Å². The van der Waals surface area contributed by atoms with Gasteiger partial charge in [-0.05, 0) is 62.4 Å². The minimum atomic E-state index is -0.871. The van der Waals surface area contributed by atoms with Gasteiger partial charge in [-0.1, -0.05) is 32.4 Å². The summed E-state index contributed by atoms with van der Waals surface area (Å²) in [7, 11) is 0. The van der Waals surface area contributed by atoms with E-state index in [2.05, 4.69) is 20.9 Å². The van der Waals surface area contributed by atoms with Crippen molar-refractivity contribution in [3.8, 4) is 5.75 Å². The summed E-state index contributed by atoms with van der Waals surface area (Å²) in [6, 6.07) is 6.12. The Balaban J connectivity index is 1.39. The normalized spacial score (nSPS) is 21.0. The molecule has 2 saturated heterocycles. The largest absolute Gasteiger partial charge is 0.508 e. The molecule has 3 atom stereocenters. The number of phenols is 1. The van der Waals surface area contributed by atoms with Gasteiger partial charge in [0, 0.05) is 19.6 Å². The van der Waals surface area contributed by atoms with Crippen LogP contribution in [0.4, 0.5) is 0 Å². The van der Waals surface area contributed by atoms with Crippen molar-refractivity contribution < 1.29 is 24.2 Å². The molecule has 4 N–H and O–H groups in total. The van der Waals surface area contributed by atoms with E-state index in [1.54, 1.807) is 24.3 Å². The number of amides is 3. The fraction of sp³-hybridized carbons (Fsp3) is 0.640. The van der Waals surface area contributed by atoms with Crippen LogP contribution < -0.4 is 16.0 Å². The Hall–Kier alpha value is -2.65. The number of piperidine rings is 1. The summed E-state index contributed by atoms with van der Waals surface area (Å²) >= 11 is 0. The summed E-state index contributed by atoms with van der Waals surface area (Å²) in [5.41, 5.74) is 0.979. The molecule has 2 aliphatic rings. The topological polar surface area (TPSA) is 123 Å². The maximum atomic E-state index is 12.7. The van der Waals surface area contributed by atoms with Gasteiger partial charge in [-0.2, -0.15) is 0 Å². The first-order chi connectivity index (χ1) is 16.3. The highest BCUT2D eigenvalue weighted by molar-refractivity contribution is 5.97. The van der Waals surface area contributed by atoms with Gasteiger partial charge < -0.3 is 30.7 Å². The molecule has 9 heteroatoms. The number of phenolic OH excluding ortho intramolecular Hbond substituents is 1. The highest BCUT2D eigenvalue weighted by atomic mass is 16.6. The van der Waals surface area contributed by atoms with Crippen molar-refractivity contribution in [1.29, 1.82) is 0 Å². The second kappa shape index (κ2) is 12.7. The maximum Gasteiger partial charge on any atom is 0.253 e. The second-order valence-corrected chi connectivity index (χ2v) is 9.57. The molecule has 34 heavy (non-hydrogen) atoms. The van der Waals surface area contributed by atoms with Gasteiger partial charge in [0.1, 0.15) is 11.8 Å². The molecular formula is C25H38N4O5. The van der Waals surface area contributed by atoms with Crippen molar-refractivity contribution >= 4 is 17.7 Å². The van der Waals surface area contributed by atoms with Crippen LogP contribution in [0.5, 0.6) is 5.75 Å². The first-order valence-electron chi connectivity index (χ1n) is 12.3. The zero-order chi connectivity index (χ0) is 24.5. The van der Waals surface area contributed by atoms with Crippen molar-refractivity contribution in [3.05, 3.63) is 29.8 Å². The molecule has 0 bridgehead atoms. The van der Waals surface area contributed by atoms with E-state index >= 15 is 0 Å². The lowest BCUT2D eigenvalue weighted by Crippen LogP contribution is -2.50. The predicted octanol–water partition coefficient (Wildman–Crippen LogP) is 0.951. The molecule has 9 nitrogen and oxygen atoms in total. The average Bonchev–Trinajstić information content (AvgIpc) is 3.61. The Labute approximate surface area is 201 Å². The monoisotopic (exact) mass is 474 g/mol. The van der Waals surface area contributed by atoms with Crippen molar-refractivity contribution in [2.45, 2.75) is 64.2 Å². The first-order valence-corrected chi connectivity index (χ1v) is 12.3. The minimum Gasteiger partial charge on any atom is -0.508 e. The van der Waals surface area contributed by atoms with E-state index < -0.39 is 24.2 Å². The van der Waals surface area contributed by atoms with Crippen LogP contribution in [0.15, 0.2) is 24.3 Å². The zero-order valence-electron chi connectivity index (χ0n) is 20.2. The molecule has 0 spiro atoms. The average molecular weight is 475 g/mol. The molecule has 0 saturated carbocycles. The number of nitrogens with one attached hydrogen (secondary N) is 3. The summed E-state index contributed by atoms with van der Waals surface area (Å²) in [6.45, 7) is 7.89. The van der Waals surface area contributed by atoms with Gasteiger partial charge in [-0.25, -0.2) is 0 Å². The standard InChI is InChI=1S/C25H38N4O5/c1-17(2)16-20(23(31)27-12-15-29-13-4-3-5-14-29)28-25(33)22-21(34-22)24(32)26-11-10-18-6-8-19(30)9-7-18/h6-9,17,20-22,30H,3-5,10-16H2,1-2H3,(H,26,32)(H,27,31)(H,28,33)/t20-,21?,22?/m0/s1. The minimum absolute atomic E-state index is 0.194. The molecule has 0 aliphatic carbocycles. The lowest BCUT2D eigenvalue weighted by Gasteiger charge is -2.27. The van der Waals surface area contributed by atoms with E-state index in [0.717, 1.165) is 25.2 Å². The predicted molar refractivity (Wildman–Crippen MR) is 128 cm³/mol. The molecule has 0 radical (unpaired) electrons. The number of hydrogen-bond donors (Lipinski definition) is 4. The smallest absolute Gasteiger partial charge is 0.253 e. The second-order valence-electron chi connectivity index (χ2n) is 9.57. The van der Waals surface area contributed by atoms with E-state index in [-0.39, 0.29) is 23.5 Å². The highest BCUT2D eigenvalue weighted by Crippen LogP contribution is 2.23. The number of carbonyl (C=O) groups excluding carboxylic acids is 3. The van der Waals surface area contributed by atoms with Crippen LogP contribution in [0, 0.1) is 5.92 Å². The number of carbonyl (C=O) groups is 3. The van der Waals surface area contributed by atoms with Gasteiger partial charge in [0.25, 0.3) is 11.8 Å². The summed E-state index contributed by atoms with van der Waals surface area (Å²) in [6.07, 6.45) is 3.08. The molecule has 1 aromatic carbocycles. The summed E-state index contributed by atoms with van der Waals surface area (Å²) in [5, 5.41) is 17.8. The molecule has 2 heterocycles. The third kappa shape index (κ3) is 8.29. The maximum absolute atomic E-state index is 12.7. The molecular weight excluding hydrogens is 436 g/mol. The lowest BCUT2D eigenvalue weighted by atomic mass is 10.0. The fourth-order valence-corrected chi connectivity index (χ4v) is 4.20. The third-order valence-corrected chi connectivity index (χ3v) is 6.17. The van der Waals surface area contributed by atoms with E-state index in [0.29, 0.717) is 25.9 Å². The molecule has 2 unspecified atom stereocenters. The Kier molecular flexibility index (Phi) is 9.71. The number of aromatic hydroxyl groups is 1. The van der Waals surface area contributed by atoms with Crippen LogP contribution in [-0.4, -0.2) is 78.7 Å². The van der Waals surface area contributed by atoms with Crippen molar-refractivity contribution in [3.63, 3.8) is 0 Å². The van der Waals surface area contributed by atoms with E-state index in [1.165, 1.54) is 19.3 Å². The van der Waals surface area contributed by atoms with Crippen LogP contribution in [0.25, 0.3) is 0 Å². The number of benzene rings is 1. The number of hydrogen-bond acceptors (Lipinski definition) is 6. The van der Waals surface area contributed by atoms with Crippen LogP contribution >= 0.6 is 0 Å². The summed E-state index contributed by atoms with van der Waals surface area (Å²) < 4.78 is 5.31. The summed E-state index contributed by atoms with van der Waals surface area (Å²) in [5.74, 6) is -0.563. The van der Waals surface area contributed by atoms with Crippen molar-refractivity contribution in [2.24, 2.45) is 5.92 Å².